The predicted octanol–water partition coefficient (Wildman–Crippen LogP) is -1.16. The fourth-order valence-electron chi connectivity index (χ4n) is 3.93. The molecular weight excluding hydrogens is 512 g/mol. The van der Waals surface area contributed by atoms with Gasteiger partial charge in [-0.2, -0.15) is 0 Å². The third-order valence-corrected chi connectivity index (χ3v) is 5.63. The molecule has 0 bridgehead atoms. The predicted molar refractivity (Wildman–Crippen MR) is 148 cm³/mol. The molecule has 39 heavy (non-hydrogen) atoms. The number of hydrogen-bond acceptors (Lipinski definition) is 10. The summed E-state index contributed by atoms with van der Waals surface area (Å²) in [5.41, 5.74) is 0. The van der Waals surface area contributed by atoms with E-state index in [-0.39, 0.29) is 59.0 Å². The van der Waals surface area contributed by atoms with Gasteiger partial charge in [0.05, 0.1) is 107 Å². The summed E-state index contributed by atoms with van der Waals surface area (Å²) in [7, 11) is 11.9. The lowest BCUT2D eigenvalue weighted by Crippen LogP contribution is -2.44. The van der Waals surface area contributed by atoms with Gasteiger partial charge in [0.1, 0.15) is 43.6 Å². The third-order valence-electron chi connectivity index (χ3n) is 5.63. The second-order valence-corrected chi connectivity index (χ2v) is 12.5. The Kier molecular flexibility index (Phi) is 20.2. The number of likely N-dealkylation sites (N-methyl/N-ethyl adjacent to an activating group) is 2. The van der Waals surface area contributed by atoms with E-state index < -0.39 is 36.6 Å². The monoisotopic (exact) mass is 572 g/mol. The maximum atomic E-state index is 10.3. The SMILES string of the molecule is CCC(CC(C)O)OC(COCC(O)C[N+](C)(C)C)COC(COCC(O)C[N+](C)(C)C)COC(CO)CO. The molecule has 0 aliphatic heterocycles. The van der Waals surface area contributed by atoms with Crippen LogP contribution in [0.3, 0.4) is 0 Å². The molecule has 0 aliphatic rings. The van der Waals surface area contributed by atoms with Gasteiger partial charge in [-0.1, -0.05) is 6.92 Å². The highest BCUT2D eigenvalue weighted by Crippen LogP contribution is 2.13. The first-order valence-electron chi connectivity index (χ1n) is 14.0. The van der Waals surface area contributed by atoms with Crippen molar-refractivity contribution in [1.82, 2.24) is 0 Å². The largest absolute Gasteiger partial charge is 0.394 e. The van der Waals surface area contributed by atoms with Gasteiger partial charge in [0.2, 0.25) is 0 Å². The van der Waals surface area contributed by atoms with Crippen LogP contribution in [0.5, 0.6) is 0 Å². The van der Waals surface area contributed by atoms with Crippen molar-refractivity contribution in [1.29, 1.82) is 0 Å². The van der Waals surface area contributed by atoms with Crippen LogP contribution >= 0.6 is 0 Å². The van der Waals surface area contributed by atoms with Gasteiger partial charge in [0.15, 0.2) is 0 Å². The zero-order valence-electron chi connectivity index (χ0n) is 25.7. The first-order valence-corrected chi connectivity index (χ1v) is 14.0. The van der Waals surface area contributed by atoms with E-state index in [4.69, 9.17) is 23.7 Å². The summed E-state index contributed by atoms with van der Waals surface area (Å²) >= 11 is 0. The Hall–Kier alpha value is -0.480. The molecule has 236 valence electrons. The van der Waals surface area contributed by atoms with Crippen molar-refractivity contribution in [2.24, 2.45) is 0 Å². The first-order chi connectivity index (χ1) is 18.1. The molecule has 12 heteroatoms. The molecular formula is C27H60N2O10+2. The van der Waals surface area contributed by atoms with Gasteiger partial charge >= 0.3 is 0 Å². The average Bonchev–Trinajstić information content (AvgIpc) is 2.79. The van der Waals surface area contributed by atoms with Gasteiger partial charge < -0.3 is 58.2 Å². The van der Waals surface area contributed by atoms with Gasteiger partial charge in [0, 0.05) is 0 Å². The van der Waals surface area contributed by atoms with Gasteiger partial charge in [0.25, 0.3) is 0 Å². The standard InChI is InChI=1S/C27H60N2O10/c1-9-24(10-21(2)32)39-27(18-36-16-23(34)12-29(6,7)8)20-38-26(19-37-25(13-30)14-31)17-35-15-22(33)11-28(3,4)5/h21-27,30-34H,9-20H2,1-8H3/q+2. The van der Waals surface area contributed by atoms with Crippen LogP contribution in [-0.2, 0) is 23.7 Å². The minimum absolute atomic E-state index is 0.0535. The second kappa shape index (κ2) is 20.4. The highest BCUT2D eigenvalue weighted by atomic mass is 16.6. The Morgan fingerprint density at radius 2 is 1.03 bits per heavy atom. The molecule has 0 aromatic rings. The average molecular weight is 573 g/mol. The molecule has 0 aromatic carbocycles. The summed E-state index contributed by atoms with van der Waals surface area (Å²) in [6.45, 7) is 4.84. The van der Waals surface area contributed by atoms with Gasteiger partial charge in [-0.15, -0.1) is 0 Å². The summed E-state index contributed by atoms with van der Waals surface area (Å²) in [5, 5.41) is 49.1. The summed E-state index contributed by atoms with van der Waals surface area (Å²) < 4.78 is 30.6. The molecule has 0 heterocycles. The molecule has 0 amide bonds. The lowest BCUT2D eigenvalue weighted by molar-refractivity contribution is -0.873. The summed E-state index contributed by atoms with van der Waals surface area (Å²) in [5.74, 6) is 0. The quantitative estimate of drug-likeness (QED) is 0.0849. The Labute approximate surface area is 236 Å². The molecule has 6 atom stereocenters. The van der Waals surface area contributed by atoms with Gasteiger partial charge in [-0.3, -0.25) is 0 Å². The fourth-order valence-corrected chi connectivity index (χ4v) is 3.93. The topological polar surface area (TPSA) is 147 Å². The normalized spacial score (nSPS) is 17.7. The van der Waals surface area contributed by atoms with E-state index >= 15 is 0 Å². The van der Waals surface area contributed by atoms with Crippen LogP contribution in [0.2, 0.25) is 0 Å². The van der Waals surface area contributed by atoms with Crippen molar-refractivity contribution < 1.29 is 58.2 Å². The summed E-state index contributed by atoms with van der Waals surface area (Å²) in [6.07, 6.45) is -2.64. The zero-order valence-corrected chi connectivity index (χ0v) is 25.7. The van der Waals surface area contributed by atoms with Gasteiger partial charge in [-0.25, -0.2) is 0 Å². The lowest BCUT2D eigenvalue weighted by Gasteiger charge is -2.29. The van der Waals surface area contributed by atoms with Crippen molar-refractivity contribution >= 4 is 0 Å². The van der Waals surface area contributed by atoms with E-state index in [0.29, 0.717) is 34.9 Å². The van der Waals surface area contributed by atoms with Crippen LogP contribution in [0.25, 0.3) is 0 Å². The maximum Gasteiger partial charge on any atom is 0.126 e. The van der Waals surface area contributed by atoms with Crippen molar-refractivity contribution in [2.75, 3.05) is 108 Å². The van der Waals surface area contributed by atoms with Crippen LogP contribution in [0.1, 0.15) is 26.7 Å². The minimum Gasteiger partial charge on any atom is -0.394 e. The van der Waals surface area contributed by atoms with Crippen molar-refractivity contribution in [3.05, 3.63) is 0 Å². The number of rotatable bonds is 25. The Morgan fingerprint density at radius 1 is 0.590 bits per heavy atom. The van der Waals surface area contributed by atoms with Crippen LogP contribution < -0.4 is 0 Å². The number of hydrogen-bond donors (Lipinski definition) is 5. The molecule has 0 spiro atoms. The first kappa shape index (κ1) is 38.5. The molecule has 6 unspecified atom stereocenters. The smallest absolute Gasteiger partial charge is 0.126 e. The van der Waals surface area contributed by atoms with E-state index in [1.165, 1.54) is 0 Å². The Balaban J connectivity index is 5.21. The van der Waals surface area contributed by atoms with Crippen molar-refractivity contribution in [3.8, 4) is 0 Å². The number of ether oxygens (including phenoxy) is 5. The number of nitrogens with zero attached hydrogens (tertiary/aromatic N) is 2. The van der Waals surface area contributed by atoms with E-state index in [9.17, 15) is 25.5 Å². The highest BCUT2D eigenvalue weighted by Gasteiger charge is 2.23. The third kappa shape index (κ3) is 22.8. The van der Waals surface area contributed by atoms with Crippen molar-refractivity contribution in [2.45, 2.75) is 69.4 Å². The molecule has 0 saturated heterocycles. The molecule has 12 nitrogen and oxygen atoms in total. The molecule has 0 rings (SSSR count). The highest BCUT2D eigenvalue weighted by molar-refractivity contribution is 4.68. The molecule has 0 saturated carbocycles. The van der Waals surface area contributed by atoms with Gasteiger partial charge in [-0.05, 0) is 19.8 Å². The zero-order chi connectivity index (χ0) is 30.1. The van der Waals surface area contributed by atoms with Crippen LogP contribution in [-0.4, -0.2) is 185 Å². The van der Waals surface area contributed by atoms with Crippen LogP contribution in [0.15, 0.2) is 0 Å². The van der Waals surface area contributed by atoms with E-state index in [2.05, 4.69) is 0 Å². The molecule has 0 aromatic heterocycles. The second-order valence-electron chi connectivity index (χ2n) is 12.5. The summed E-state index contributed by atoms with van der Waals surface area (Å²) in [6, 6.07) is 0. The number of aliphatic hydroxyl groups excluding tert-OH is 5. The fraction of sp³-hybridized carbons (Fsp3) is 1.00. The van der Waals surface area contributed by atoms with Crippen LogP contribution in [0.4, 0.5) is 0 Å². The Bertz CT molecular complexity index is 582. The molecule has 0 radical (unpaired) electrons. The molecule has 0 fully saturated rings. The van der Waals surface area contributed by atoms with Crippen molar-refractivity contribution in [3.63, 3.8) is 0 Å². The van der Waals surface area contributed by atoms with E-state index in [1.54, 1.807) is 6.92 Å². The Morgan fingerprint density at radius 3 is 1.44 bits per heavy atom. The van der Waals surface area contributed by atoms with Crippen LogP contribution in [0, 0.1) is 0 Å². The molecule has 0 aliphatic carbocycles. The van der Waals surface area contributed by atoms with E-state index in [1.807, 2.05) is 49.2 Å². The lowest BCUT2D eigenvalue weighted by atomic mass is 10.1. The number of quaternary nitrogens is 2. The molecule has 5 N–H and O–H groups in total. The minimum atomic E-state index is -0.742. The summed E-state index contributed by atoms with van der Waals surface area (Å²) in [4.78, 5) is 0. The number of aliphatic hydroxyl groups is 5. The van der Waals surface area contributed by atoms with E-state index in [0.717, 1.165) is 0 Å². The maximum absolute atomic E-state index is 10.3.